The van der Waals surface area contributed by atoms with Crippen molar-refractivity contribution in [1.29, 1.82) is 0 Å². The predicted molar refractivity (Wildman–Crippen MR) is 144 cm³/mol. The molecule has 4 atom stereocenters. The summed E-state index contributed by atoms with van der Waals surface area (Å²) in [6.07, 6.45) is 0.787. The van der Waals surface area contributed by atoms with Crippen LogP contribution in [-0.4, -0.2) is 79.1 Å². The number of ether oxygens (including phenoxy) is 1. The van der Waals surface area contributed by atoms with Gasteiger partial charge in [-0.2, -0.15) is 0 Å². The van der Waals surface area contributed by atoms with E-state index in [1.54, 1.807) is 19.1 Å². The lowest BCUT2D eigenvalue weighted by Gasteiger charge is -2.16. The number of phenols is 2. The fourth-order valence-corrected chi connectivity index (χ4v) is 5.66. The van der Waals surface area contributed by atoms with Crippen LogP contribution in [0.15, 0.2) is 71.0 Å². The molecule has 1 saturated heterocycles. The molecular formula is C26H26N6O8S. The number of carbonyl (C=O) groups excluding carboxylic acids is 1. The van der Waals surface area contributed by atoms with Crippen molar-refractivity contribution in [2.45, 2.75) is 41.3 Å². The first kappa shape index (κ1) is 28.0. The minimum Gasteiger partial charge on any atom is -0.504 e. The molecule has 0 spiro atoms. The van der Waals surface area contributed by atoms with Gasteiger partial charge in [-0.3, -0.25) is 9.36 Å². The van der Waals surface area contributed by atoms with Gasteiger partial charge in [0.15, 0.2) is 29.2 Å². The maximum Gasteiger partial charge on any atom is 0.255 e. The summed E-state index contributed by atoms with van der Waals surface area (Å²) in [6.45, 7) is 1.67. The fourth-order valence-electron chi connectivity index (χ4n) is 4.35. The number of aryl methyl sites for hydroxylation is 1. The van der Waals surface area contributed by atoms with Crippen LogP contribution in [0, 0.1) is 6.92 Å². The van der Waals surface area contributed by atoms with E-state index in [1.165, 1.54) is 41.5 Å². The molecule has 1 fully saturated rings. The zero-order valence-corrected chi connectivity index (χ0v) is 22.3. The number of nitrogens with two attached hydrogens (primary N) is 1. The van der Waals surface area contributed by atoms with Gasteiger partial charge in [0.05, 0.1) is 21.7 Å². The molecule has 14 nitrogen and oxygen atoms in total. The number of nitrogens with zero attached hydrogens (tertiary/aromatic N) is 4. The first-order valence-corrected chi connectivity index (χ1v) is 13.7. The van der Waals surface area contributed by atoms with Crippen molar-refractivity contribution in [1.82, 2.24) is 24.8 Å². The number of aliphatic hydroxyl groups is 2. The molecule has 0 radical (unpaired) electrons. The van der Waals surface area contributed by atoms with Gasteiger partial charge >= 0.3 is 0 Å². The second-order valence-corrected chi connectivity index (χ2v) is 11.3. The van der Waals surface area contributed by atoms with Crippen molar-refractivity contribution in [3.05, 3.63) is 72.3 Å². The first-order chi connectivity index (χ1) is 19.5. The number of nitrogens with one attached hydrogen (secondary N) is 1. The summed E-state index contributed by atoms with van der Waals surface area (Å²) in [5, 5.41) is 43.9. The molecule has 1 amide bonds. The second-order valence-electron chi connectivity index (χ2n) is 9.35. The van der Waals surface area contributed by atoms with E-state index in [2.05, 4.69) is 20.3 Å². The van der Waals surface area contributed by atoms with E-state index in [0.29, 0.717) is 11.2 Å². The summed E-state index contributed by atoms with van der Waals surface area (Å²) in [5.74, 6) is -2.28. The standard InChI is InChI=1S/C26H26N6O8S/c1-13-4-6-14(7-5-13)41(38,39)15-9-16(20(34)17(33)10-15)25(37)28-8-2-3-18-21(35)22(36)26(40-18)32-12-31-19-23(27)29-11-30-24(19)32/h2-7,9-12,18,21-22,26,33-36H,8H2,1H3,(H,28,37)(H2,27,29,30)/b3-2+. The number of hydrogen-bond donors (Lipinski definition) is 6. The van der Waals surface area contributed by atoms with Crippen molar-refractivity contribution in [2.24, 2.45) is 0 Å². The number of aromatic nitrogens is 4. The Morgan fingerprint density at radius 3 is 2.56 bits per heavy atom. The maximum absolute atomic E-state index is 13.0. The number of imidazole rings is 1. The summed E-state index contributed by atoms with van der Waals surface area (Å²) < 4.78 is 33.3. The van der Waals surface area contributed by atoms with Crippen molar-refractivity contribution in [2.75, 3.05) is 12.3 Å². The van der Waals surface area contributed by atoms with Gasteiger partial charge in [0.2, 0.25) is 9.84 Å². The number of amides is 1. The number of sulfone groups is 1. The molecule has 41 heavy (non-hydrogen) atoms. The zero-order chi connectivity index (χ0) is 29.5. The molecule has 4 unspecified atom stereocenters. The van der Waals surface area contributed by atoms with E-state index in [4.69, 9.17) is 10.5 Å². The van der Waals surface area contributed by atoms with Crippen molar-refractivity contribution < 1.29 is 38.4 Å². The Labute approximate surface area is 233 Å². The largest absolute Gasteiger partial charge is 0.504 e. The van der Waals surface area contributed by atoms with E-state index in [1.807, 2.05) is 0 Å². The number of nitrogen functional groups attached to an aromatic ring is 1. The van der Waals surface area contributed by atoms with Gasteiger partial charge in [-0.15, -0.1) is 0 Å². The summed E-state index contributed by atoms with van der Waals surface area (Å²) in [5.41, 5.74) is 6.81. The zero-order valence-electron chi connectivity index (χ0n) is 21.5. The predicted octanol–water partition coefficient (Wildman–Crippen LogP) is 0.566. The van der Waals surface area contributed by atoms with Gasteiger partial charge in [-0.05, 0) is 25.1 Å². The number of carbonyl (C=O) groups is 1. The highest BCUT2D eigenvalue weighted by molar-refractivity contribution is 7.91. The lowest BCUT2D eigenvalue weighted by Crippen LogP contribution is -2.31. The quantitative estimate of drug-likeness (QED) is 0.130. The summed E-state index contributed by atoms with van der Waals surface area (Å²) in [6, 6.07) is 7.87. The van der Waals surface area contributed by atoms with Crippen LogP contribution in [0.3, 0.4) is 0 Å². The van der Waals surface area contributed by atoms with Gasteiger partial charge < -0.3 is 36.2 Å². The van der Waals surface area contributed by atoms with E-state index >= 15 is 0 Å². The van der Waals surface area contributed by atoms with Crippen molar-refractivity contribution >= 4 is 32.7 Å². The van der Waals surface area contributed by atoms with Crippen molar-refractivity contribution in [3.63, 3.8) is 0 Å². The number of benzene rings is 2. The van der Waals surface area contributed by atoms with E-state index in [-0.39, 0.29) is 22.2 Å². The van der Waals surface area contributed by atoms with E-state index < -0.39 is 57.3 Å². The van der Waals surface area contributed by atoms with Gasteiger partial charge in [0.1, 0.15) is 30.2 Å². The van der Waals surface area contributed by atoms with E-state index in [0.717, 1.165) is 17.7 Å². The highest BCUT2D eigenvalue weighted by Gasteiger charge is 2.43. The Morgan fingerprint density at radius 1 is 1.10 bits per heavy atom. The number of anilines is 1. The molecule has 214 valence electrons. The topological polar surface area (TPSA) is 223 Å². The molecule has 0 saturated carbocycles. The highest BCUT2D eigenvalue weighted by atomic mass is 32.2. The number of aliphatic hydroxyl groups excluding tert-OH is 2. The van der Waals surface area contributed by atoms with Gasteiger partial charge in [0, 0.05) is 12.6 Å². The maximum atomic E-state index is 13.0. The second kappa shape index (κ2) is 10.8. The molecule has 3 heterocycles. The number of phenolic OH excluding ortho intramolecular Hbond substituents is 2. The lowest BCUT2D eigenvalue weighted by molar-refractivity contribution is -0.0245. The Kier molecular flexibility index (Phi) is 7.35. The van der Waals surface area contributed by atoms with Crippen molar-refractivity contribution in [3.8, 4) is 11.5 Å². The molecule has 15 heteroatoms. The molecular weight excluding hydrogens is 556 g/mol. The third-order valence-electron chi connectivity index (χ3n) is 6.59. The Bertz CT molecular complexity index is 1760. The average Bonchev–Trinajstić information content (AvgIpc) is 3.49. The Hall–Kier alpha value is -4.57. The van der Waals surface area contributed by atoms with Crippen LogP contribution in [-0.2, 0) is 14.6 Å². The van der Waals surface area contributed by atoms with Crippen LogP contribution >= 0.6 is 0 Å². The number of rotatable bonds is 7. The minimum atomic E-state index is -4.09. The van der Waals surface area contributed by atoms with E-state index in [9.17, 15) is 33.6 Å². The Morgan fingerprint density at radius 2 is 1.83 bits per heavy atom. The van der Waals surface area contributed by atoms with Crippen LogP contribution in [0.25, 0.3) is 11.2 Å². The van der Waals surface area contributed by atoms with Crippen LogP contribution in [0.2, 0.25) is 0 Å². The molecule has 2 aromatic carbocycles. The SMILES string of the molecule is Cc1ccc(S(=O)(=O)c2cc(O)c(O)c(C(=O)NC/C=C/C3OC(n4cnc5c(N)ncnc54)C(O)C3O)c2)cc1. The molecule has 0 bridgehead atoms. The molecule has 4 aromatic rings. The fraction of sp³-hybridized carbons (Fsp3) is 0.231. The van der Waals surface area contributed by atoms with Crippen LogP contribution in [0.5, 0.6) is 11.5 Å². The van der Waals surface area contributed by atoms with Gasteiger partial charge in [-0.1, -0.05) is 29.8 Å². The molecule has 1 aliphatic rings. The molecule has 1 aliphatic heterocycles. The van der Waals surface area contributed by atoms with Gasteiger partial charge in [-0.25, -0.2) is 23.4 Å². The average molecular weight is 583 g/mol. The number of fused-ring (bicyclic) bond motifs is 1. The molecule has 2 aromatic heterocycles. The molecule has 0 aliphatic carbocycles. The van der Waals surface area contributed by atoms with Crippen LogP contribution in [0.1, 0.15) is 22.1 Å². The third kappa shape index (κ3) is 5.18. The monoisotopic (exact) mass is 582 g/mol. The first-order valence-electron chi connectivity index (χ1n) is 12.3. The third-order valence-corrected chi connectivity index (χ3v) is 8.34. The Balaban J connectivity index is 1.27. The van der Waals surface area contributed by atoms with Crippen LogP contribution < -0.4 is 11.1 Å². The minimum absolute atomic E-state index is 0.0438. The smallest absolute Gasteiger partial charge is 0.255 e. The lowest BCUT2D eigenvalue weighted by atomic mass is 10.1. The molecule has 5 rings (SSSR count). The van der Waals surface area contributed by atoms with Crippen LogP contribution in [0.4, 0.5) is 5.82 Å². The summed E-state index contributed by atoms with van der Waals surface area (Å²) in [7, 11) is -4.09. The number of hydrogen-bond acceptors (Lipinski definition) is 12. The normalized spacial score (nSPS) is 21.0. The summed E-state index contributed by atoms with van der Waals surface area (Å²) in [4.78, 5) is 24.5. The van der Waals surface area contributed by atoms with Gasteiger partial charge in [0.25, 0.3) is 5.91 Å². The number of aromatic hydroxyl groups is 2. The highest BCUT2D eigenvalue weighted by Crippen LogP contribution is 2.35. The summed E-state index contributed by atoms with van der Waals surface area (Å²) >= 11 is 0. The molecule has 7 N–H and O–H groups in total.